The molecule has 1 N–H and O–H groups in total. The molecule has 0 bridgehead atoms. The van der Waals surface area contributed by atoms with E-state index in [9.17, 15) is 0 Å². The van der Waals surface area contributed by atoms with Crippen molar-refractivity contribution in [1.29, 1.82) is 0 Å². The quantitative estimate of drug-likeness (QED) is 0.833. The Bertz CT molecular complexity index is 241. The van der Waals surface area contributed by atoms with Gasteiger partial charge < -0.3 is 10.1 Å². The normalized spacial score (nSPS) is 38.0. The van der Waals surface area contributed by atoms with Crippen LogP contribution in [0.25, 0.3) is 0 Å². The number of nitrogens with one attached hydrogen (secondary N) is 1. The van der Waals surface area contributed by atoms with Gasteiger partial charge in [-0.1, -0.05) is 6.92 Å². The average Bonchev–Trinajstić information content (AvgIpc) is 2.40. The molecular formula is C15H30N2O. The van der Waals surface area contributed by atoms with Crippen LogP contribution in [0.15, 0.2) is 0 Å². The lowest BCUT2D eigenvalue weighted by atomic mass is 9.82. The van der Waals surface area contributed by atoms with Crippen molar-refractivity contribution in [2.24, 2.45) is 5.92 Å². The molecule has 2 aliphatic rings. The molecule has 18 heavy (non-hydrogen) atoms. The minimum Gasteiger partial charge on any atom is -0.377 e. The van der Waals surface area contributed by atoms with E-state index in [1.165, 1.54) is 38.5 Å². The standard InChI is InChI=1S/C15H30N2O/c1-12-7-8-14(16-2)15(10-12)17(3)11-13-6-4-5-9-18-13/h12-16H,4-11H2,1-3H3. The molecule has 3 heteroatoms. The van der Waals surface area contributed by atoms with Crippen molar-refractivity contribution < 1.29 is 4.74 Å². The van der Waals surface area contributed by atoms with Gasteiger partial charge in [-0.05, 0) is 58.5 Å². The first kappa shape index (κ1) is 14.3. The van der Waals surface area contributed by atoms with Gasteiger partial charge in [0.25, 0.3) is 0 Å². The van der Waals surface area contributed by atoms with Crippen LogP contribution in [0.1, 0.15) is 45.4 Å². The number of ether oxygens (including phenoxy) is 1. The van der Waals surface area contributed by atoms with Crippen LogP contribution in [0.2, 0.25) is 0 Å². The maximum atomic E-state index is 5.87. The van der Waals surface area contributed by atoms with Gasteiger partial charge in [-0.2, -0.15) is 0 Å². The number of nitrogens with zero attached hydrogens (tertiary/aromatic N) is 1. The highest BCUT2D eigenvalue weighted by Gasteiger charge is 2.31. The lowest BCUT2D eigenvalue weighted by Gasteiger charge is -2.41. The Kier molecular flexibility index (Phi) is 5.46. The van der Waals surface area contributed by atoms with E-state index < -0.39 is 0 Å². The van der Waals surface area contributed by atoms with E-state index in [1.54, 1.807) is 0 Å². The van der Waals surface area contributed by atoms with Crippen molar-refractivity contribution >= 4 is 0 Å². The van der Waals surface area contributed by atoms with Gasteiger partial charge >= 0.3 is 0 Å². The third-order valence-corrected chi connectivity index (χ3v) is 4.78. The highest BCUT2D eigenvalue weighted by atomic mass is 16.5. The molecule has 1 heterocycles. The fourth-order valence-corrected chi connectivity index (χ4v) is 3.58. The van der Waals surface area contributed by atoms with Crippen LogP contribution >= 0.6 is 0 Å². The molecule has 1 saturated heterocycles. The Hall–Kier alpha value is -0.120. The summed E-state index contributed by atoms with van der Waals surface area (Å²) in [5, 5.41) is 3.51. The van der Waals surface area contributed by atoms with E-state index in [1.807, 2.05) is 0 Å². The number of rotatable bonds is 4. The predicted molar refractivity (Wildman–Crippen MR) is 75.9 cm³/mol. The zero-order valence-corrected chi connectivity index (χ0v) is 12.3. The summed E-state index contributed by atoms with van der Waals surface area (Å²) in [6, 6.07) is 1.35. The fourth-order valence-electron chi connectivity index (χ4n) is 3.58. The van der Waals surface area contributed by atoms with E-state index in [2.05, 4.69) is 31.2 Å². The molecule has 0 radical (unpaired) electrons. The van der Waals surface area contributed by atoms with E-state index in [4.69, 9.17) is 4.74 Å². The Morgan fingerprint density at radius 1 is 1.22 bits per heavy atom. The molecule has 4 atom stereocenters. The van der Waals surface area contributed by atoms with Crippen LogP contribution in [0.5, 0.6) is 0 Å². The van der Waals surface area contributed by atoms with Crippen molar-refractivity contribution in [3.8, 4) is 0 Å². The van der Waals surface area contributed by atoms with Crippen LogP contribution in [0.3, 0.4) is 0 Å². The number of hydrogen-bond acceptors (Lipinski definition) is 3. The highest BCUT2D eigenvalue weighted by molar-refractivity contribution is 4.89. The second-order valence-electron chi connectivity index (χ2n) is 6.31. The SMILES string of the molecule is CNC1CCC(C)CC1N(C)CC1CCCCO1. The number of likely N-dealkylation sites (N-methyl/N-ethyl adjacent to an activating group) is 2. The summed E-state index contributed by atoms with van der Waals surface area (Å²) >= 11 is 0. The lowest BCUT2D eigenvalue weighted by Crippen LogP contribution is -2.52. The first-order valence-corrected chi connectivity index (χ1v) is 7.69. The summed E-state index contributed by atoms with van der Waals surface area (Å²) in [5.41, 5.74) is 0. The van der Waals surface area contributed by atoms with Crippen LogP contribution in [-0.2, 0) is 4.74 Å². The minimum absolute atomic E-state index is 0.471. The maximum absolute atomic E-state index is 5.87. The van der Waals surface area contributed by atoms with Gasteiger partial charge in [-0.25, -0.2) is 0 Å². The first-order valence-electron chi connectivity index (χ1n) is 7.69. The Balaban J connectivity index is 1.86. The maximum Gasteiger partial charge on any atom is 0.0702 e. The topological polar surface area (TPSA) is 24.5 Å². The zero-order valence-electron chi connectivity index (χ0n) is 12.3. The molecule has 0 aromatic carbocycles. The smallest absolute Gasteiger partial charge is 0.0702 e. The first-order chi connectivity index (χ1) is 8.70. The van der Waals surface area contributed by atoms with E-state index in [0.29, 0.717) is 18.2 Å². The summed E-state index contributed by atoms with van der Waals surface area (Å²) in [7, 11) is 4.39. The van der Waals surface area contributed by atoms with Crippen LogP contribution in [-0.4, -0.2) is 50.3 Å². The van der Waals surface area contributed by atoms with Crippen LogP contribution in [0, 0.1) is 5.92 Å². The third-order valence-electron chi connectivity index (χ3n) is 4.78. The zero-order chi connectivity index (χ0) is 13.0. The van der Waals surface area contributed by atoms with Crippen molar-refractivity contribution in [1.82, 2.24) is 10.2 Å². The van der Waals surface area contributed by atoms with Gasteiger partial charge in [0.05, 0.1) is 6.10 Å². The van der Waals surface area contributed by atoms with Gasteiger partial charge in [0.15, 0.2) is 0 Å². The molecule has 106 valence electrons. The second kappa shape index (κ2) is 6.88. The van der Waals surface area contributed by atoms with Crippen molar-refractivity contribution in [2.45, 2.75) is 63.6 Å². The van der Waals surface area contributed by atoms with E-state index >= 15 is 0 Å². The second-order valence-corrected chi connectivity index (χ2v) is 6.31. The molecule has 0 amide bonds. The van der Waals surface area contributed by atoms with E-state index in [-0.39, 0.29) is 0 Å². The molecule has 0 spiro atoms. The summed E-state index contributed by atoms with van der Waals surface area (Å²) in [5.74, 6) is 0.870. The molecule has 2 rings (SSSR count). The lowest BCUT2D eigenvalue weighted by molar-refractivity contribution is -0.0159. The molecule has 3 nitrogen and oxygen atoms in total. The van der Waals surface area contributed by atoms with Crippen molar-refractivity contribution in [3.63, 3.8) is 0 Å². The minimum atomic E-state index is 0.471. The Labute approximate surface area is 112 Å². The van der Waals surface area contributed by atoms with Crippen LogP contribution < -0.4 is 5.32 Å². The monoisotopic (exact) mass is 254 g/mol. The van der Waals surface area contributed by atoms with Crippen molar-refractivity contribution in [3.05, 3.63) is 0 Å². The molecule has 2 fully saturated rings. The van der Waals surface area contributed by atoms with Gasteiger partial charge in [-0.3, -0.25) is 4.90 Å². The molecule has 0 aromatic rings. The predicted octanol–water partition coefficient (Wildman–Crippen LogP) is 2.26. The summed E-state index contributed by atoms with van der Waals surface area (Å²) in [6.07, 6.45) is 8.33. The van der Waals surface area contributed by atoms with Crippen LogP contribution in [0.4, 0.5) is 0 Å². The largest absolute Gasteiger partial charge is 0.377 e. The van der Waals surface area contributed by atoms with E-state index in [0.717, 1.165) is 19.1 Å². The summed E-state index contributed by atoms with van der Waals surface area (Å²) < 4.78 is 5.87. The van der Waals surface area contributed by atoms with Gasteiger partial charge in [0.2, 0.25) is 0 Å². The summed E-state index contributed by atoms with van der Waals surface area (Å²) in [4.78, 5) is 2.55. The molecule has 1 aliphatic carbocycles. The van der Waals surface area contributed by atoms with Gasteiger partial charge in [0.1, 0.15) is 0 Å². The average molecular weight is 254 g/mol. The molecular weight excluding hydrogens is 224 g/mol. The Morgan fingerprint density at radius 3 is 2.72 bits per heavy atom. The third kappa shape index (κ3) is 3.69. The van der Waals surface area contributed by atoms with Gasteiger partial charge in [0, 0.05) is 25.2 Å². The molecule has 0 aromatic heterocycles. The summed E-state index contributed by atoms with van der Waals surface area (Å²) in [6.45, 7) is 4.47. The highest BCUT2D eigenvalue weighted by Crippen LogP contribution is 2.28. The molecule has 4 unspecified atom stereocenters. The van der Waals surface area contributed by atoms with Crippen molar-refractivity contribution in [2.75, 3.05) is 27.2 Å². The number of hydrogen-bond donors (Lipinski definition) is 1. The fraction of sp³-hybridized carbons (Fsp3) is 1.00. The molecule has 1 saturated carbocycles. The Morgan fingerprint density at radius 2 is 2.06 bits per heavy atom. The van der Waals surface area contributed by atoms with Gasteiger partial charge in [-0.15, -0.1) is 0 Å². The molecule has 1 aliphatic heterocycles.